The first-order chi connectivity index (χ1) is 33.7. The Kier molecular flexibility index (Phi) is 9.54. The largest absolute Gasteiger partial charge is 0.455 e. The van der Waals surface area contributed by atoms with E-state index >= 15 is 0 Å². The molecule has 0 bridgehead atoms. The third kappa shape index (κ3) is 6.73. The van der Waals surface area contributed by atoms with Gasteiger partial charge in [0.25, 0.3) is 0 Å². The number of rotatable bonds is 8. The van der Waals surface area contributed by atoms with Gasteiger partial charge in [0.15, 0.2) is 0 Å². The summed E-state index contributed by atoms with van der Waals surface area (Å²) in [5, 5.41) is 9.72. The van der Waals surface area contributed by atoms with Gasteiger partial charge < -0.3 is 9.32 Å². The number of para-hydroxylation sites is 2. The lowest BCUT2D eigenvalue weighted by Crippen LogP contribution is -2.10. The van der Waals surface area contributed by atoms with Gasteiger partial charge in [0.2, 0.25) is 0 Å². The van der Waals surface area contributed by atoms with Crippen molar-refractivity contribution in [3.05, 3.63) is 261 Å². The van der Waals surface area contributed by atoms with Crippen molar-refractivity contribution in [3.63, 3.8) is 0 Å². The van der Waals surface area contributed by atoms with E-state index in [4.69, 9.17) is 4.42 Å². The summed E-state index contributed by atoms with van der Waals surface area (Å²) in [7, 11) is 0. The highest BCUT2D eigenvalue weighted by Crippen LogP contribution is 2.46. The van der Waals surface area contributed by atoms with Gasteiger partial charge in [-0.15, -0.1) is 0 Å². The van der Waals surface area contributed by atoms with Gasteiger partial charge in [-0.05, 0) is 131 Å². The maximum Gasteiger partial charge on any atom is 0.143 e. The molecule has 318 valence electrons. The lowest BCUT2D eigenvalue weighted by Gasteiger charge is -2.26. The Morgan fingerprint density at radius 1 is 0.250 bits per heavy atom. The summed E-state index contributed by atoms with van der Waals surface area (Å²) >= 11 is 0. The molecule has 0 spiro atoms. The van der Waals surface area contributed by atoms with E-state index in [1.807, 2.05) is 12.1 Å². The van der Waals surface area contributed by atoms with Crippen LogP contribution in [0.5, 0.6) is 0 Å². The first-order valence-electron chi connectivity index (χ1n) is 23.3. The number of fused-ring (bicyclic) bond motifs is 7. The summed E-state index contributed by atoms with van der Waals surface area (Å²) in [6, 6.07) is 94.4. The molecule has 0 unspecified atom stereocenters. The SMILES string of the molecule is c1ccc(-c2c(-c3ccccc3)c3cc(-c4ccc(N(c5ccc(-c6cccc7c6oc6ccccc67)cc5)c5cccc(-c6cccc7ccccc67)c5)cc4)ccc3c3ccccc23)cc1. The van der Waals surface area contributed by atoms with Crippen LogP contribution in [0.1, 0.15) is 0 Å². The van der Waals surface area contributed by atoms with Crippen LogP contribution >= 0.6 is 0 Å². The zero-order chi connectivity index (χ0) is 45.0. The van der Waals surface area contributed by atoms with Gasteiger partial charge in [-0.1, -0.05) is 212 Å². The quantitative estimate of drug-likeness (QED) is 0.142. The molecule has 2 heteroatoms. The highest BCUT2D eigenvalue weighted by molar-refractivity contribution is 6.22. The summed E-state index contributed by atoms with van der Waals surface area (Å²) in [4.78, 5) is 2.37. The van der Waals surface area contributed by atoms with Gasteiger partial charge in [-0.25, -0.2) is 0 Å². The Hall–Kier alpha value is -8.98. The second-order valence-electron chi connectivity index (χ2n) is 17.6. The van der Waals surface area contributed by atoms with E-state index in [1.165, 1.54) is 71.3 Å². The Labute approximate surface area is 395 Å². The molecule has 0 atom stereocenters. The molecule has 0 aliphatic heterocycles. The number of hydrogen-bond acceptors (Lipinski definition) is 2. The molecule has 1 aromatic heterocycles. The van der Waals surface area contributed by atoms with E-state index in [-0.39, 0.29) is 0 Å². The van der Waals surface area contributed by atoms with Crippen molar-refractivity contribution in [1.82, 2.24) is 0 Å². The summed E-state index contributed by atoms with van der Waals surface area (Å²) in [5.41, 5.74) is 16.8. The molecule has 12 aromatic carbocycles. The molecule has 13 rings (SSSR count). The fourth-order valence-corrected chi connectivity index (χ4v) is 10.5. The van der Waals surface area contributed by atoms with Crippen LogP contribution in [0.2, 0.25) is 0 Å². The third-order valence-electron chi connectivity index (χ3n) is 13.7. The predicted octanol–water partition coefficient (Wildman–Crippen LogP) is 18.9. The van der Waals surface area contributed by atoms with E-state index in [2.05, 4.69) is 254 Å². The Bertz CT molecular complexity index is 3990. The van der Waals surface area contributed by atoms with Gasteiger partial charge in [0.05, 0.1) is 0 Å². The summed E-state index contributed by atoms with van der Waals surface area (Å²) < 4.78 is 6.47. The maximum atomic E-state index is 6.47. The summed E-state index contributed by atoms with van der Waals surface area (Å²) in [6.07, 6.45) is 0. The van der Waals surface area contributed by atoms with Crippen molar-refractivity contribution >= 4 is 71.3 Å². The summed E-state index contributed by atoms with van der Waals surface area (Å²) in [5.74, 6) is 0. The minimum atomic E-state index is 0.901. The van der Waals surface area contributed by atoms with Crippen molar-refractivity contribution in [2.45, 2.75) is 0 Å². The van der Waals surface area contributed by atoms with Crippen molar-refractivity contribution in [1.29, 1.82) is 0 Å². The smallest absolute Gasteiger partial charge is 0.143 e. The van der Waals surface area contributed by atoms with E-state index in [0.29, 0.717) is 0 Å². The average molecular weight is 866 g/mol. The Morgan fingerprint density at radius 2 is 0.765 bits per heavy atom. The van der Waals surface area contributed by atoms with Crippen LogP contribution < -0.4 is 4.90 Å². The molecule has 1 heterocycles. The number of nitrogens with zero attached hydrogens (tertiary/aromatic N) is 1. The molecule has 2 nitrogen and oxygen atoms in total. The van der Waals surface area contributed by atoms with Gasteiger partial charge in [0, 0.05) is 33.4 Å². The predicted molar refractivity (Wildman–Crippen MR) is 288 cm³/mol. The molecule has 0 saturated carbocycles. The number of furan rings is 1. The van der Waals surface area contributed by atoms with E-state index < -0.39 is 0 Å². The molecular formula is C66H43NO. The third-order valence-corrected chi connectivity index (χ3v) is 13.7. The van der Waals surface area contributed by atoms with E-state index in [9.17, 15) is 0 Å². The average Bonchev–Trinajstić information content (AvgIpc) is 3.80. The van der Waals surface area contributed by atoms with Crippen molar-refractivity contribution in [3.8, 4) is 55.6 Å². The van der Waals surface area contributed by atoms with Crippen LogP contribution in [0.4, 0.5) is 17.1 Å². The standard InChI is InChI=1S/C66H43NO/c1-3-17-47(18-4-1)64-60-27-10-9-25-57(60)58-41-36-49(43-62(58)65(64)48-19-5-2-6-20-48)44-32-37-51(38-33-44)67(53-23-13-22-50(42-53)55-28-14-21-45-16-7-8-24-54(45)55)52-39-34-46(35-40-52)56-29-15-30-61-59-26-11-12-31-63(59)68-66(56)61/h1-43H. The molecular weight excluding hydrogens is 823 g/mol. The second-order valence-corrected chi connectivity index (χ2v) is 17.6. The van der Waals surface area contributed by atoms with Gasteiger partial charge in [0.1, 0.15) is 11.2 Å². The second kappa shape index (κ2) is 16.5. The van der Waals surface area contributed by atoms with E-state index in [1.54, 1.807) is 0 Å². The fourth-order valence-electron chi connectivity index (χ4n) is 10.5. The van der Waals surface area contributed by atoms with Crippen LogP contribution in [-0.4, -0.2) is 0 Å². The molecule has 0 N–H and O–H groups in total. The number of benzene rings is 12. The lowest BCUT2D eigenvalue weighted by molar-refractivity contribution is 0.670. The van der Waals surface area contributed by atoms with Gasteiger partial charge in [-0.3, -0.25) is 0 Å². The van der Waals surface area contributed by atoms with Crippen LogP contribution in [0, 0.1) is 0 Å². The lowest BCUT2D eigenvalue weighted by atomic mass is 9.84. The molecule has 0 amide bonds. The first-order valence-corrected chi connectivity index (χ1v) is 23.3. The molecule has 0 saturated heterocycles. The molecule has 0 fully saturated rings. The van der Waals surface area contributed by atoms with Crippen molar-refractivity contribution in [2.75, 3.05) is 4.90 Å². The van der Waals surface area contributed by atoms with Crippen LogP contribution in [0.15, 0.2) is 265 Å². The Balaban J connectivity index is 0.945. The normalized spacial score (nSPS) is 11.5. The molecule has 0 aliphatic rings. The molecule has 68 heavy (non-hydrogen) atoms. The zero-order valence-corrected chi connectivity index (χ0v) is 37.2. The fraction of sp³-hybridized carbons (Fsp3) is 0. The zero-order valence-electron chi connectivity index (χ0n) is 37.2. The van der Waals surface area contributed by atoms with Crippen LogP contribution in [0.3, 0.4) is 0 Å². The highest BCUT2D eigenvalue weighted by Gasteiger charge is 2.20. The first kappa shape index (κ1) is 39.4. The minimum absolute atomic E-state index is 0.901. The maximum absolute atomic E-state index is 6.47. The highest BCUT2D eigenvalue weighted by atomic mass is 16.3. The molecule has 0 aliphatic carbocycles. The van der Waals surface area contributed by atoms with Crippen molar-refractivity contribution in [2.24, 2.45) is 0 Å². The molecule has 0 radical (unpaired) electrons. The van der Waals surface area contributed by atoms with Crippen LogP contribution in [-0.2, 0) is 0 Å². The summed E-state index contributed by atoms with van der Waals surface area (Å²) in [6.45, 7) is 0. The number of hydrogen-bond donors (Lipinski definition) is 0. The topological polar surface area (TPSA) is 16.4 Å². The van der Waals surface area contributed by atoms with Gasteiger partial charge in [-0.2, -0.15) is 0 Å². The van der Waals surface area contributed by atoms with Gasteiger partial charge >= 0.3 is 0 Å². The van der Waals surface area contributed by atoms with E-state index in [0.717, 1.165) is 55.7 Å². The van der Waals surface area contributed by atoms with Crippen molar-refractivity contribution < 1.29 is 4.42 Å². The minimum Gasteiger partial charge on any atom is -0.455 e. The monoisotopic (exact) mass is 865 g/mol. The van der Waals surface area contributed by atoms with Crippen LogP contribution in [0.25, 0.3) is 110 Å². The Morgan fingerprint density at radius 3 is 1.51 bits per heavy atom. The molecule has 13 aromatic rings. The number of anilines is 3.